The number of aryl methyl sites for hydroxylation is 1. The molecule has 0 saturated carbocycles. The molecule has 1 aromatic carbocycles. The largest absolute Gasteiger partial charge is 0.497 e. The van der Waals surface area contributed by atoms with Crippen molar-refractivity contribution < 1.29 is 19.1 Å². The van der Waals surface area contributed by atoms with Crippen LogP contribution >= 0.6 is 0 Å². The number of ether oxygens (including phenoxy) is 2. The molecule has 3 aromatic rings. The van der Waals surface area contributed by atoms with Crippen LogP contribution in [-0.4, -0.2) is 41.0 Å². The van der Waals surface area contributed by atoms with Crippen LogP contribution in [0.5, 0.6) is 5.75 Å². The number of carbonyl (C=O) groups excluding carboxylic acids is 2. The van der Waals surface area contributed by atoms with E-state index in [4.69, 9.17) is 9.47 Å². The van der Waals surface area contributed by atoms with Crippen molar-refractivity contribution in [2.45, 2.75) is 26.4 Å². The molecule has 0 aliphatic heterocycles. The van der Waals surface area contributed by atoms with Gasteiger partial charge in [0.1, 0.15) is 11.4 Å². The number of amides is 1. The molecular weight excluding hydrogens is 358 g/mol. The molecule has 1 amide bonds. The van der Waals surface area contributed by atoms with Crippen LogP contribution in [0.3, 0.4) is 0 Å². The number of methoxy groups -OCH3 is 1. The number of hydrogen-bond acceptors (Lipinski definition) is 5. The number of esters is 1. The smallest absolute Gasteiger partial charge is 0.359 e. The molecule has 28 heavy (non-hydrogen) atoms. The van der Waals surface area contributed by atoms with E-state index in [1.54, 1.807) is 30.7 Å². The number of aromatic nitrogens is 2. The first kappa shape index (κ1) is 19.4. The van der Waals surface area contributed by atoms with E-state index in [-0.39, 0.29) is 11.6 Å². The molecule has 0 saturated heterocycles. The molecule has 3 rings (SSSR count). The number of pyridine rings is 1. The molecule has 146 valence electrons. The Morgan fingerprint density at radius 2 is 1.93 bits per heavy atom. The van der Waals surface area contributed by atoms with Gasteiger partial charge in [0.15, 0.2) is 11.8 Å². The quantitative estimate of drug-likeness (QED) is 0.636. The first-order chi connectivity index (χ1) is 13.5. The van der Waals surface area contributed by atoms with Crippen molar-refractivity contribution >= 4 is 17.5 Å². The van der Waals surface area contributed by atoms with Gasteiger partial charge in [0, 0.05) is 18.4 Å². The van der Waals surface area contributed by atoms with E-state index in [9.17, 15) is 9.59 Å². The van der Waals surface area contributed by atoms with Gasteiger partial charge < -0.3 is 19.2 Å². The van der Waals surface area contributed by atoms with E-state index in [0.717, 1.165) is 17.0 Å². The van der Waals surface area contributed by atoms with Gasteiger partial charge in [0.25, 0.3) is 5.91 Å². The summed E-state index contributed by atoms with van der Waals surface area (Å²) >= 11 is 0. The molecule has 7 nitrogen and oxygen atoms in total. The Morgan fingerprint density at radius 1 is 1.18 bits per heavy atom. The second-order valence-corrected chi connectivity index (χ2v) is 6.46. The number of hydrogen-bond donors (Lipinski definition) is 1. The van der Waals surface area contributed by atoms with Gasteiger partial charge in [-0.05, 0) is 50.1 Å². The Kier molecular flexibility index (Phi) is 5.93. The van der Waals surface area contributed by atoms with Crippen molar-refractivity contribution in [3.63, 3.8) is 0 Å². The molecular formula is C21H23N3O4. The van der Waals surface area contributed by atoms with Crippen molar-refractivity contribution in [1.82, 2.24) is 14.7 Å². The van der Waals surface area contributed by atoms with E-state index >= 15 is 0 Å². The highest BCUT2D eigenvalue weighted by molar-refractivity contribution is 5.91. The molecule has 0 radical (unpaired) electrons. The zero-order chi connectivity index (χ0) is 20.1. The fraction of sp³-hybridized carbons (Fsp3) is 0.286. The van der Waals surface area contributed by atoms with Gasteiger partial charge in [-0.1, -0.05) is 18.2 Å². The van der Waals surface area contributed by atoms with Crippen LogP contribution in [0.25, 0.3) is 5.65 Å². The highest BCUT2D eigenvalue weighted by Gasteiger charge is 2.20. The van der Waals surface area contributed by atoms with Crippen LogP contribution in [0.2, 0.25) is 0 Å². The molecule has 0 aliphatic rings. The van der Waals surface area contributed by atoms with Crippen molar-refractivity contribution in [2.24, 2.45) is 0 Å². The number of rotatable bonds is 7. The van der Waals surface area contributed by atoms with Gasteiger partial charge in [-0.15, -0.1) is 0 Å². The predicted molar refractivity (Wildman–Crippen MR) is 105 cm³/mol. The lowest BCUT2D eigenvalue weighted by Gasteiger charge is -2.12. The summed E-state index contributed by atoms with van der Waals surface area (Å²) in [6.07, 6.45) is 1.37. The van der Waals surface area contributed by atoms with Crippen molar-refractivity contribution in [3.05, 3.63) is 65.6 Å². The second kappa shape index (κ2) is 8.56. The first-order valence-electron chi connectivity index (χ1n) is 9.04. The molecule has 2 heterocycles. The minimum atomic E-state index is -0.908. The fourth-order valence-corrected chi connectivity index (χ4v) is 2.79. The van der Waals surface area contributed by atoms with Crippen LogP contribution in [0.4, 0.5) is 0 Å². The third-order valence-corrected chi connectivity index (χ3v) is 4.43. The Labute approximate surface area is 163 Å². The number of nitrogens with zero attached hydrogens (tertiary/aromatic N) is 2. The summed E-state index contributed by atoms with van der Waals surface area (Å²) in [4.78, 5) is 28.7. The molecule has 1 atom stereocenters. The lowest BCUT2D eigenvalue weighted by Crippen LogP contribution is -2.37. The van der Waals surface area contributed by atoms with E-state index in [0.29, 0.717) is 18.6 Å². The minimum Gasteiger partial charge on any atom is -0.497 e. The van der Waals surface area contributed by atoms with Crippen LogP contribution in [0, 0.1) is 6.92 Å². The Morgan fingerprint density at radius 3 is 2.61 bits per heavy atom. The Balaban J connectivity index is 1.51. The average molecular weight is 381 g/mol. The van der Waals surface area contributed by atoms with Crippen molar-refractivity contribution in [1.29, 1.82) is 0 Å². The van der Waals surface area contributed by atoms with Gasteiger partial charge >= 0.3 is 5.97 Å². The van der Waals surface area contributed by atoms with E-state index < -0.39 is 12.1 Å². The maximum Gasteiger partial charge on any atom is 0.359 e. The number of benzene rings is 1. The fourth-order valence-electron chi connectivity index (χ4n) is 2.79. The van der Waals surface area contributed by atoms with E-state index in [1.807, 2.05) is 43.3 Å². The highest BCUT2D eigenvalue weighted by atomic mass is 16.5. The summed E-state index contributed by atoms with van der Waals surface area (Å²) in [6.45, 7) is 3.91. The Hall–Kier alpha value is -3.35. The second-order valence-electron chi connectivity index (χ2n) is 6.46. The van der Waals surface area contributed by atoms with Crippen molar-refractivity contribution in [3.8, 4) is 5.75 Å². The van der Waals surface area contributed by atoms with Gasteiger partial charge in [-0.3, -0.25) is 4.79 Å². The van der Waals surface area contributed by atoms with Crippen LogP contribution in [0.1, 0.15) is 28.7 Å². The van der Waals surface area contributed by atoms with Gasteiger partial charge in [0.2, 0.25) is 0 Å². The Bertz CT molecular complexity index is 979. The molecule has 0 fully saturated rings. The number of fused-ring (bicyclic) bond motifs is 1. The van der Waals surface area contributed by atoms with Crippen LogP contribution in [0.15, 0.2) is 48.7 Å². The maximum atomic E-state index is 12.3. The lowest BCUT2D eigenvalue weighted by atomic mass is 10.1. The minimum absolute atomic E-state index is 0.173. The maximum absolute atomic E-state index is 12.3. The van der Waals surface area contributed by atoms with Crippen LogP contribution < -0.4 is 10.1 Å². The number of imidazole rings is 1. The number of carbonyl (C=O) groups is 2. The standard InChI is InChI=1S/C21H23N3O4/c1-14-5-4-6-19-23-18(13-24(14)19)21(26)28-15(2)20(25)22-12-11-16-7-9-17(27-3)10-8-16/h4-10,13,15H,11-12H2,1-3H3,(H,22,25)/t15-/m0/s1. The highest BCUT2D eigenvalue weighted by Crippen LogP contribution is 2.12. The summed E-state index contributed by atoms with van der Waals surface area (Å²) < 4.78 is 12.2. The normalized spacial score (nSPS) is 11.8. The van der Waals surface area contributed by atoms with Gasteiger partial charge in [-0.2, -0.15) is 0 Å². The molecule has 7 heteroatoms. The first-order valence-corrected chi connectivity index (χ1v) is 9.04. The van der Waals surface area contributed by atoms with E-state index in [2.05, 4.69) is 10.3 Å². The summed E-state index contributed by atoms with van der Waals surface area (Å²) in [7, 11) is 1.62. The van der Waals surface area contributed by atoms with Crippen LogP contribution in [-0.2, 0) is 16.0 Å². The molecule has 2 aromatic heterocycles. The lowest BCUT2D eigenvalue weighted by molar-refractivity contribution is -0.129. The number of nitrogens with one attached hydrogen (secondary N) is 1. The summed E-state index contributed by atoms with van der Waals surface area (Å²) in [5.41, 5.74) is 2.86. The molecule has 0 unspecified atom stereocenters. The third-order valence-electron chi connectivity index (χ3n) is 4.43. The average Bonchev–Trinajstić information content (AvgIpc) is 3.14. The topological polar surface area (TPSA) is 81.9 Å². The molecule has 0 bridgehead atoms. The zero-order valence-electron chi connectivity index (χ0n) is 16.1. The molecule has 0 aliphatic carbocycles. The summed E-state index contributed by atoms with van der Waals surface area (Å²) in [6, 6.07) is 13.2. The summed E-state index contributed by atoms with van der Waals surface area (Å²) in [5, 5.41) is 2.78. The molecule has 1 N–H and O–H groups in total. The predicted octanol–water partition coefficient (Wildman–Crippen LogP) is 2.56. The van der Waals surface area contributed by atoms with Gasteiger partial charge in [-0.25, -0.2) is 9.78 Å². The third kappa shape index (κ3) is 4.49. The zero-order valence-corrected chi connectivity index (χ0v) is 16.1. The van der Waals surface area contributed by atoms with Gasteiger partial charge in [0.05, 0.1) is 7.11 Å². The monoisotopic (exact) mass is 381 g/mol. The van der Waals surface area contributed by atoms with E-state index in [1.165, 1.54) is 0 Å². The summed E-state index contributed by atoms with van der Waals surface area (Å²) in [5.74, 6) is -0.182. The SMILES string of the molecule is COc1ccc(CCNC(=O)[C@H](C)OC(=O)c2cn3c(C)cccc3n2)cc1. The molecule has 0 spiro atoms. The van der Waals surface area contributed by atoms with Crippen molar-refractivity contribution in [2.75, 3.05) is 13.7 Å².